The van der Waals surface area contributed by atoms with Crippen LogP contribution < -0.4 is 14.2 Å². The summed E-state index contributed by atoms with van der Waals surface area (Å²) < 4.78 is 16.7. The maximum atomic E-state index is 13.2. The number of hydrogen-bond acceptors (Lipinski definition) is 6. The average Bonchev–Trinajstić information content (AvgIpc) is 3.27. The predicted molar refractivity (Wildman–Crippen MR) is 127 cm³/mol. The lowest BCUT2D eigenvalue weighted by Crippen LogP contribution is -2.37. The molecular formula is C25H30N2O4S. The fourth-order valence-corrected chi connectivity index (χ4v) is 3.96. The largest absolute Gasteiger partial charge is 0.493 e. The number of ether oxygens (including phenoxy) is 3. The normalized spacial score (nSPS) is 11.7. The molecule has 1 amide bonds. The Bertz CT molecular complexity index is 1010. The van der Waals surface area contributed by atoms with Crippen LogP contribution in [0.4, 0.5) is 0 Å². The SMILES string of the molecule is CC[C@@H](C)N(Cc1csc(COc2c(OC)cccc2OC)n1)C(=O)c1ccc(C)cc1. The maximum Gasteiger partial charge on any atom is 0.254 e. The van der Waals surface area contributed by atoms with Gasteiger partial charge in [-0.15, -0.1) is 11.3 Å². The van der Waals surface area contributed by atoms with Gasteiger partial charge in [0.15, 0.2) is 11.5 Å². The summed E-state index contributed by atoms with van der Waals surface area (Å²) in [5.41, 5.74) is 2.67. The van der Waals surface area contributed by atoms with Crippen LogP contribution in [0, 0.1) is 6.92 Å². The second-order valence-electron chi connectivity index (χ2n) is 7.57. The molecule has 2 aromatic carbocycles. The second kappa shape index (κ2) is 11.0. The zero-order chi connectivity index (χ0) is 23.1. The van der Waals surface area contributed by atoms with Crippen LogP contribution in [0.15, 0.2) is 47.8 Å². The van der Waals surface area contributed by atoms with E-state index in [0.717, 1.165) is 22.7 Å². The number of methoxy groups -OCH3 is 2. The molecule has 32 heavy (non-hydrogen) atoms. The highest BCUT2D eigenvalue weighted by Gasteiger charge is 2.22. The van der Waals surface area contributed by atoms with Crippen molar-refractivity contribution >= 4 is 17.2 Å². The van der Waals surface area contributed by atoms with Crippen LogP contribution in [0.3, 0.4) is 0 Å². The standard InChI is InChI=1S/C25H30N2O4S/c1-6-18(3)27(25(28)19-12-10-17(2)11-13-19)14-20-16-32-23(26-20)15-31-24-21(29-4)8-7-9-22(24)30-5/h7-13,16,18H,6,14-15H2,1-5H3/t18-/m1/s1. The summed E-state index contributed by atoms with van der Waals surface area (Å²) in [4.78, 5) is 19.8. The molecule has 0 saturated carbocycles. The number of carbonyl (C=O) groups is 1. The fraction of sp³-hybridized carbons (Fsp3) is 0.360. The van der Waals surface area contributed by atoms with Gasteiger partial charge in [0.1, 0.15) is 11.6 Å². The first-order valence-electron chi connectivity index (χ1n) is 10.6. The van der Waals surface area contributed by atoms with Gasteiger partial charge < -0.3 is 19.1 Å². The molecule has 0 aliphatic carbocycles. The first-order valence-corrected chi connectivity index (χ1v) is 11.5. The van der Waals surface area contributed by atoms with E-state index in [1.165, 1.54) is 11.3 Å². The number of rotatable bonds is 10. The highest BCUT2D eigenvalue weighted by molar-refractivity contribution is 7.09. The van der Waals surface area contributed by atoms with Gasteiger partial charge >= 0.3 is 0 Å². The van der Waals surface area contributed by atoms with Crippen LogP contribution in [-0.4, -0.2) is 36.1 Å². The smallest absolute Gasteiger partial charge is 0.254 e. The lowest BCUT2D eigenvalue weighted by Gasteiger charge is -2.28. The van der Waals surface area contributed by atoms with Crippen molar-refractivity contribution in [3.05, 3.63) is 69.7 Å². The third-order valence-electron chi connectivity index (χ3n) is 5.34. The van der Waals surface area contributed by atoms with Crippen molar-refractivity contribution < 1.29 is 19.0 Å². The monoisotopic (exact) mass is 454 g/mol. The van der Waals surface area contributed by atoms with E-state index in [1.54, 1.807) is 14.2 Å². The Morgan fingerprint density at radius 1 is 1.09 bits per heavy atom. The van der Waals surface area contributed by atoms with Crippen LogP contribution in [0.5, 0.6) is 17.2 Å². The van der Waals surface area contributed by atoms with Crippen molar-refractivity contribution in [1.29, 1.82) is 0 Å². The molecule has 0 radical (unpaired) electrons. The van der Waals surface area contributed by atoms with Crippen LogP contribution in [0.1, 0.15) is 46.9 Å². The van der Waals surface area contributed by atoms with Gasteiger partial charge in [-0.1, -0.05) is 30.7 Å². The molecule has 0 fully saturated rings. The van der Waals surface area contributed by atoms with Crippen molar-refractivity contribution in [2.75, 3.05) is 14.2 Å². The van der Waals surface area contributed by atoms with Gasteiger partial charge in [0.2, 0.25) is 5.75 Å². The summed E-state index contributed by atoms with van der Waals surface area (Å²) >= 11 is 1.51. The number of hydrogen-bond donors (Lipinski definition) is 0. The van der Waals surface area contributed by atoms with Gasteiger partial charge in [0.05, 0.1) is 26.5 Å². The molecule has 0 aliphatic rings. The molecule has 0 unspecified atom stereocenters. The van der Waals surface area contributed by atoms with Crippen molar-refractivity contribution in [3.8, 4) is 17.2 Å². The van der Waals surface area contributed by atoms with Crippen LogP contribution >= 0.6 is 11.3 Å². The number of aromatic nitrogens is 1. The molecule has 3 rings (SSSR count). The molecule has 0 N–H and O–H groups in total. The van der Waals surface area contributed by atoms with Crippen LogP contribution in [0.25, 0.3) is 0 Å². The second-order valence-corrected chi connectivity index (χ2v) is 8.51. The number of thiazole rings is 1. The van der Waals surface area contributed by atoms with E-state index in [1.807, 2.05) is 59.7 Å². The molecule has 0 spiro atoms. The molecule has 7 heteroatoms. The Hall–Kier alpha value is -3.06. The quantitative estimate of drug-likeness (QED) is 0.405. The van der Waals surface area contributed by atoms with Crippen LogP contribution in [0.2, 0.25) is 0 Å². The lowest BCUT2D eigenvalue weighted by atomic mass is 10.1. The van der Waals surface area contributed by atoms with Crippen molar-refractivity contribution in [3.63, 3.8) is 0 Å². The van der Waals surface area contributed by atoms with E-state index in [2.05, 4.69) is 13.8 Å². The molecule has 170 valence electrons. The van der Waals surface area contributed by atoms with Gasteiger partial charge in [-0.3, -0.25) is 4.79 Å². The van der Waals surface area contributed by atoms with E-state index in [-0.39, 0.29) is 18.6 Å². The zero-order valence-electron chi connectivity index (χ0n) is 19.3. The number of para-hydroxylation sites is 1. The Labute approximate surface area is 193 Å². The minimum Gasteiger partial charge on any atom is -0.493 e. The maximum absolute atomic E-state index is 13.2. The zero-order valence-corrected chi connectivity index (χ0v) is 20.1. The molecule has 0 aliphatic heterocycles. The third-order valence-corrected chi connectivity index (χ3v) is 6.21. The Morgan fingerprint density at radius 2 is 1.75 bits per heavy atom. The Kier molecular flexibility index (Phi) is 8.11. The number of nitrogens with zero attached hydrogens (tertiary/aromatic N) is 2. The minimum atomic E-state index is 0.0175. The van der Waals surface area contributed by atoms with Crippen molar-refractivity contribution in [1.82, 2.24) is 9.88 Å². The summed E-state index contributed by atoms with van der Waals surface area (Å²) in [6.45, 7) is 6.91. The summed E-state index contributed by atoms with van der Waals surface area (Å²) in [7, 11) is 3.19. The molecule has 1 aromatic heterocycles. The summed E-state index contributed by atoms with van der Waals surface area (Å²) in [5, 5.41) is 2.80. The molecule has 6 nitrogen and oxygen atoms in total. The first-order chi connectivity index (χ1) is 15.5. The molecular weight excluding hydrogens is 424 g/mol. The number of amides is 1. The molecule has 0 saturated heterocycles. The minimum absolute atomic E-state index is 0.0175. The number of aryl methyl sites for hydroxylation is 1. The average molecular weight is 455 g/mol. The van der Waals surface area contributed by atoms with Gasteiger partial charge in [-0.2, -0.15) is 0 Å². The van der Waals surface area contributed by atoms with E-state index >= 15 is 0 Å². The van der Waals surface area contributed by atoms with Gasteiger partial charge in [-0.25, -0.2) is 4.98 Å². The predicted octanol–water partition coefficient (Wildman–Crippen LogP) is 5.49. The first kappa shape index (κ1) is 23.6. The summed E-state index contributed by atoms with van der Waals surface area (Å²) in [5.74, 6) is 1.77. The highest BCUT2D eigenvalue weighted by Crippen LogP contribution is 2.37. The Morgan fingerprint density at radius 3 is 2.34 bits per heavy atom. The van der Waals surface area contributed by atoms with Crippen molar-refractivity contribution in [2.24, 2.45) is 0 Å². The molecule has 0 bridgehead atoms. The Balaban J connectivity index is 1.72. The van der Waals surface area contributed by atoms with E-state index in [0.29, 0.717) is 29.4 Å². The molecule has 3 aromatic rings. The number of carbonyl (C=O) groups excluding carboxylic acids is 1. The summed E-state index contributed by atoms with van der Waals surface area (Å²) in [6, 6.07) is 13.3. The molecule has 1 atom stereocenters. The van der Waals surface area contributed by atoms with E-state index < -0.39 is 0 Å². The van der Waals surface area contributed by atoms with E-state index in [9.17, 15) is 4.79 Å². The third kappa shape index (κ3) is 5.59. The van der Waals surface area contributed by atoms with Crippen LogP contribution in [-0.2, 0) is 13.2 Å². The summed E-state index contributed by atoms with van der Waals surface area (Å²) in [6.07, 6.45) is 0.866. The van der Waals surface area contributed by atoms with Gasteiger partial charge in [0, 0.05) is 17.0 Å². The fourth-order valence-electron chi connectivity index (χ4n) is 3.27. The number of benzene rings is 2. The van der Waals surface area contributed by atoms with E-state index in [4.69, 9.17) is 19.2 Å². The lowest BCUT2D eigenvalue weighted by molar-refractivity contribution is 0.0669. The molecule has 1 heterocycles. The van der Waals surface area contributed by atoms with Crippen molar-refractivity contribution in [2.45, 2.75) is 46.4 Å². The van der Waals surface area contributed by atoms with Gasteiger partial charge in [-0.05, 0) is 44.5 Å². The highest BCUT2D eigenvalue weighted by atomic mass is 32.1. The van der Waals surface area contributed by atoms with Gasteiger partial charge in [0.25, 0.3) is 5.91 Å². The topological polar surface area (TPSA) is 60.9 Å².